The minimum absolute atomic E-state index is 0.283. The molecule has 0 unspecified atom stereocenters. The quantitative estimate of drug-likeness (QED) is 0.658. The summed E-state index contributed by atoms with van der Waals surface area (Å²) in [4.78, 5) is 17.6. The first-order valence-electron chi connectivity index (χ1n) is 4.14. The van der Waals surface area contributed by atoms with Gasteiger partial charge in [-0.2, -0.15) is 4.98 Å². The van der Waals surface area contributed by atoms with E-state index in [9.17, 15) is 4.79 Å². The van der Waals surface area contributed by atoms with Gasteiger partial charge in [-0.3, -0.25) is 0 Å². The van der Waals surface area contributed by atoms with Crippen molar-refractivity contribution in [1.82, 2.24) is 9.97 Å². The average Bonchev–Trinajstić information content (AvgIpc) is 2.06. The molecule has 66 valence electrons. The molecule has 0 saturated carbocycles. The normalized spacial score (nSPS) is 10.6. The molecule has 0 saturated heterocycles. The molecule has 3 heteroatoms. The molecule has 0 atom stereocenters. The van der Waals surface area contributed by atoms with Gasteiger partial charge in [0.1, 0.15) is 0 Å². The molecule has 0 fully saturated rings. The van der Waals surface area contributed by atoms with Crippen LogP contribution in [-0.2, 0) is 0 Å². The Morgan fingerprint density at radius 1 is 1.31 bits per heavy atom. The van der Waals surface area contributed by atoms with Gasteiger partial charge in [0.05, 0.1) is 5.52 Å². The van der Waals surface area contributed by atoms with E-state index < -0.39 is 0 Å². The number of nitrogens with zero attached hydrogens (tertiary/aromatic N) is 1. The van der Waals surface area contributed by atoms with Crippen LogP contribution in [0, 0.1) is 13.8 Å². The van der Waals surface area contributed by atoms with Gasteiger partial charge in [0, 0.05) is 11.1 Å². The molecule has 0 aliphatic rings. The number of aryl methyl sites for hydroxylation is 2. The van der Waals surface area contributed by atoms with E-state index in [1.807, 2.05) is 32.0 Å². The fraction of sp³-hybridized carbons (Fsp3) is 0.200. The molecular formula is C10H10N2O. The van der Waals surface area contributed by atoms with Crippen molar-refractivity contribution >= 4 is 10.9 Å². The summed E-state index contributed by atoms with van der Waals surface area (Å²) in [5.74, 6) is 0. The summed E-state index contributed by atoms with van der Waals surface area (Å²) in [5.41, 5.74) is 2.52. The van der Waals surface area contributed by atoms with E-state index in [1.54, 1.807) is 0 Å². The highest BCUT2D eigenvalue weighted by atomic mass is 16.1. The van der Waals surface area contributed by atoms with E-state index in [0.29, 0.717) is 0 Å². The van der Waals surface area contributed by atoms with E-state index in [0.717, 1.165) is 16.6 Å². The minimum atomic E-state index is -0.283. The van der Waals surface area contributed by atoms with Crippen LogP contribution in [-0.4, -0.2) is 9.97 Å². The van der Waals surface area contributed by atoms with Crippen LogP contribution in [0.15, 0.2) is 23.0 Å². The van der Waals surface area contributed by atoms with Crippen molar-refractivity contribution in [2.24, 2.45) is 0 Å². The number of nitrogens with one attached hydrogen (secondary N) is 1. The second kappa shape index (κ2) is 2.69. The zero-order chi connectivity index (χ0) is 9.42. The molecule has 0 aliphatic heterocycles. The first kappa shape index (κ1) is 7.98. The fourth-order valence-corrected chi connectivity index (χ4v) is 1.41. The highest BCUT2D eigenvalue weighted by Crippen LogP contribution is 2.13. The maximum atomic E-state index is 11.0. The molecule has 0 amide bonds. The van der Waals surface area contributed by atoms with Crippen molar-refractivity contribution in [3.63, 3.8) is 0 Å². The maximum Gasteiger partial charge on any atom is 0.345 e. The van der Waals surface area contributed by atoms with Gasteiger partial charge < -0.3 is 4.98 Å². The molecular weight excluding hydrogens is 164 g/mol. The summed E-state index contributed by atoms with van der Waals surface area (Å²) < 4.78 is 0. The smallest absolute Gasteiger partial charge is 0.309 e. The summed E-state index contributed by atoms with van der Waals surface area (Å²) in [5, 5.41) is 1.01. The topological polar surface area (TPSA) is 45.8 Å². The van der Waals surface area contributed by atoms with Crippen LogP contribution >= 0.6 is 0 Å². The number of H-pyrrole nitrogens is 1. The van der Waals surface area contributed by atoms with Crippen molar-refractivity contribution in [2.75, 3.05) is 0 Å². The summed E-state index contributed by atoms with van der Waals surface area (Å²) in [7, 11) is 0. The van der Waals surface area contributed by atoms with Crippen molar-refractivity contribution in [2.45, 2.75) is 13.8 Å². The number of benzene rings is 1. The Balaban J connectivity index is 2.95. The zero-order valence-electron chi connectivity index (χ0n) is 7.59. The van der Waals surface area contributed by atoms with E-state index in [1.165, 1.54) is 5.56 Å². The minimum Gasteiger partial charge on any atom is -0.309 e. The highest BCUT2D eigenvalue weighted by Gasteiger charge is 1.99. The summed E-state index contributed by atoms with van der Waals surface area (Å²) in [6.45, 7) is 3.90. The Labute approximate surface area is 75.4 Å². The van der Waals surface area contributed by atoms with Crippen LogP contribution in [0.3, 0.4) is 0 Å². The highest BCUT2D eigenvalue weighted by molar-refractivity contribution is 5.80. The summed E-state index contributed by atoms with van der Waals surface area (Å²) in [6, 6.07) is 5.84. The Morgan fingerprint density at radius 3 is 2.85 bits per heavy atom. The molecule has 2 aromatic rings. The first-order valence-corrected chi connectivity index (χ1v) is 4.14. The van der Waals surface area contributed by atoms with Gasteiger partial charge in [-0.15, -0.1) is 0 Å². The van der Waals surface area contributed by atoms with Crippen LogP contribution < -0.4 is 5.69 Å². The Kier molecular flexibility index (Phi) is 1.65. The van der Waals surface area contributed by atoms with E-state index in [4.69, 9.17) is 0 Å². The largest absolute Gasteiger partial charge is 0.345 e. The van der Waals surface area contributed by atoms with Gasteiger partial charge in [-0.05, 0) is 26.0 Å². The summed E-state index contributed by atoms with van der Waals surface area (Å²) in [6.07, 6.45) is 0. The van der Waals surface area contributed by atoms with Gasteiger partial charge >= 0.3 is 5.69 Å². The SMILES string of the molecule is Cc1ccc2nc(=O)[nH]c(C)c2c1. The predicted octanol–water partition coefficient (Wildman–Crippen LogP) is 1.54. The van der Waals surface area contributed by atoms with E-state index in [-0.39, 0.29) is 5.69 Å². The number of rotatable bonds is 0. The number of aromatic nitrogens is 2. The van der Waals surface area contributed by atoms with Gasteiger partial charge in [0.2, 0.25) is 0 Å². The summed E-state index contributed by atoms with van der Waals surface area (Å²) >= 11 is 0. The average molecular weight is 174 g/mol. The van der Waals surface area contributed by atoms with E-state index in [2.05, 4.69) is 9.97 Å². The predicted molar refractivity (Wildman–Crippen MR) is 51.8 cm³/mol. The van der Waals surface area contributed by atoms with Crippen molar-refractivity contribution in [3.8, 4) is 0 Å². The lowest BCUT2D eigenvalue weighted by Gasteiger charge is -2.00. The van der Waals surface area contributed by atoms with Crippen molar-refractivity contribution in [1.29, 1.82) is 0 Å². The number of hydrogen-bond acceptors (Lipinski definition) is 2. The molecule has 0 spiro atoms. The number of fused-ring (bicyclic) bond motifs is 1. The molecule has 3 nitrogen and oxygen atoms in total. The Hall–Kier alpha value is -1.64. The first-order chi connectivity index (χ1) is 6.16. The second-order valence-corrected chi connectivity index (χ2v) is 3.19. The molecule has 2 rings (SSSR count). The molecule has 1 N–H and O–H groups in total. The van der Waals surface area contributed by atoms with Crippen LogP contribution in [0.4, 0.5) is 0 Å². The lowest BCUT2D eigenvalue weighted by molar-refractivity contribution is 1.07. The second-order valence-electron chi connectivity index (χ2n) is 3.19. The standard InChI is InChI=1S/C10H10N2O/c1-6-3-4-9-8(5-6)7(2)11-10(13)12-9/h3-5H,1-2H3,(H,11,12,13). The van der Waals surface area contributed by atoms with Crippen LogP contribution in [0.25, 0.3) is 10.9 Å². The molecule has 1 aromatic carbocycles. The fourth-order valence-electron chi connectivity index (χ4n) is 1.41. The van der Waals surface area contributed by atoms with Crippen LogP contribution in [0.2, 0.25) is 0 Å². The molecule has 1 aromatic heterocycles. The number of hydrogen-bond donors (Lipinski definition) is 1. The molecule has 13 heavy (non-hydrogen) atoms. The van der Waals surface area contributed by atoms with Crippen molar-refractivity contribution < 1.29 is 0 Å². The molecule has 0 radical (unpaired) electrons. The van der Waals surface area contributed by atoms with E-state index >= 15 is 0 Å². The van der Waals surface area contributed by atoms with Crippen LogP contribution in [0.5, 0.6) is 0 Å². The number of aromatic amines is 1. The van der Waals surface area contributed by atoms with Crippen LogP contribution in [0.1, 0.15) is 11.3 Å². The Morgan fingerprint density at radius 2 is 2.08 bits per heavy atom. The molecule has 0 aliphatic carbocycles. The van der Waals surface area contributed by atoms with Gasteiger partial charge in [-0.25, -0.2) is 4.79 Å². The third-order valence-electron chi connectivity index (χ3n) is 2.07. The van der Waals surface area contributed by atoms with Gasteiger partial charge in [-0.1, -0.05) is 11.6 Å². The zero-order valence-corrected chi connectivity index (χ0v) is 7.59. The Bertz CT molecular complexity index is 514. The third kappa shape index (κ3) is 1.33. The molecule has 0 bridgehead atoms. The monoisotopic (exact) mass is 174 g/mol. The maximum absolute atomic E-state index is 11.0. The van der Waals surface area contributed by atoms with Gasteiger partial charge in [0.25, 0.3) is 0 Å². The molecule has 1 heterocycles. The third-order valence-corrected chi connectivity index (χ3v) is 2.07. The van der Waals surface area contributed by atoms with Gasteiger partial charge in [0.15, 0.2) is 0 Å². The lowest BCUT2D eigenvalue weighted by Crippen LogP contribution is -2.11. The lowest BCUT2D eigenvalue weighted by atomic mass is 10.1. The van der Waals surface area contributed by atoms with Crippen molar-refractivity contribution in [3.05, 3.63) is 39.9 Å².